The van der Waals surface area contributed by atoms with E-state index in [-0.39, 0.29) is 43.0 Å². The van der Waals surface area contributed by atoms with E-state index in [2.05, 4.69) is 5.32 Å². The Kier molecular flexibility index (Phi) is 5.77. The molecule has 102 valence electrons. The molecule has 6 nitrogen and oxygen atoms in total. The van der Waals surface area contributed by atoms with Crippen LogP contribution < -0.4 is 5.32 Å². The van der Waals surface area contributed by atoms with Crippen molar-refractivity contribution in [2.45, 2.75) is 26.2 Å². The number of ether oxygens (including phenoxy) is 1. The number of carbonyl (C=O) groups excluding carboxylic acids is 3. The van der Waals surface area contributed by atoms with Gasteiger partial charge in [0, 0.05) is 45.6 Å². The number of methoxy groups -OCH3 is 1. The zero-order chi connectivity index (χ0) is 13.5. The molecule has 6 heteroatoms. The van der Waals surface area contributed by atoms with Crippen molar-refractivity contribution in [3.63, 3.8) is 0 Å². The van der Waals surface area contributed by atoms with Crippen molar-refractivity contribution >= 4 is 17.7 Å². The van der Waals surface area contributed by atoms with Crippen LogP contribution in [-0.2, 0) is 19.1 Å². The number of rotatable bonds is 7. The largest absolute Gasteiger partial charge is 0.385 e. The highest BCUT2D eigenvalue weighted by Crippen LogP contribution is 2.18. The highest BCUT2D eigenvalue weighted by atomic mass is 16.5. The van der Waals surface area contributed by atoms with Crippen LogP contribution >= 0.6 is 0 Å². The fraction of sp³-hybridized carbons (Fsp3) is 0.750. The summed E-state index contributed by atoms with van der Waals surface area (Å²) in [5.74, 6) is -0.750. The maximum absolute atomic E-state index is 11.6. The first kappa shape index (κ1) is 14.6. The normalized spacial score (nSPS) is 19.4. The summed E-state index contributed by atoms with van der Waals surface area (Å²) in [4.78, 5) is 35.7. The molecule has 0 spiro atoms. The molecule has 18 heavy (non-hydrogen) atoms. The van der Waals surface area contributed by atoms with E-state index in [9.17, 15) is 14.4 Å². The average molecular weight is 256 g/mol. The molecule has 0 aromatic heterocycles. The Balaban J connectivity index is 2.22. The van der Waals surface area contributed by atoms with Crippen LogP contribution in [0.1, 0.15) is 26.2 Å². The van der Waals surface area contributed by atoms with Gasteiger partial charge >= 0.3 is 0 Å². The van der Waals surface area contributed by atoms with Crippen molar-refractivity contribution in [2.75, 3.05) is 26.8 Å². The second-order valence-corrected chi connectivity index (χ2v) is 4.44. The lowest BCUT2D eigenvalue weighted by molar-refractivity contribution is -0.139. The molecule has 3 amide bonds. The van der Waals surface area contributed by atoms with Gasteiger partial charge in [-0.05, 0) is 6.42 Å². The van der Waals surface area contributed by atoms with Crippen molar-refractivity contribution < 1.29 is 19.1 Å². The monoisotopic (exact) mass is 256 g/mol. The highest BCUT2D eigenvalue weighted by Gasteiger charge is 2.35. The van der Waals surface area contributed by atoms with Gasteiger partial charge in [0.15, 0.2) is 0 Å². The first-order chi connectivity index (χ1) is 8.56. The molecule has 0 radical (unpaired) electrons. The van der Waals surface area contributed by atoms with E-state index >= 15 is 0 Å². The molecule has 1 atom stereocenters. The molecule has 0 bridgehead atoms. The van der Waals surface area contributed by atoms with Gasteiger partial charge in [-0.3, -0.25) is 19.3 Å². The summed E-state index contributed by atoms with van der Waals surface area (Å²) in [6.07, 6.45) is 1.17. The van der Waals surface area contributed by atoms with E-state index in [1.54, 1.807) is 14.0 Å². The number of hydrogen-bond acceptors (Lipinski definition) is 4. The number of nitrogens with zero attached hydrogens (tertiary/aromatic N) is 1. The van der Waals surface area contributed by atoms with E-state index in [0.29, 0.717) is 13.2 Å². The summed E-state index contributed by atoms with van der Waals surface area (Å²) in [5, 5.41) is 2.71. The van der Waals surface area contributed by atoms with Gasteiger partial charge in [0.2, 0.25) is 17.7 Å². The SMILES string of the molecule is COCCCNC(=O)CCN1C(=O)CC(C)C1=O. The molecule has 1 heterocycles. The Morgan fingerprint density at radius 1 is 1.50 bits per heavy atom. The highest BCUT2D eigenvalue weighted by molar-refractivity contribution is 6.03. The molecule has 0 aromatic rings. The third kappa shape index (κ3) is 4.10. The molecule has 1 unspecified atom stereocenters. The Hall–Kier alpha value is -1.43. The van der Waals surface area contributed by atoms with Crippen molar-refractivity contribution in [3.8, 4) is 0 Å². The van der Waals surface area contributed by atoms with Crippen molar-refractivity contribution in [3.05, 3.63) is 0 Å². The van der Waals surface area contributed by atoms with E-state index in [4.69, 9.17) is 4.74 Å². The smallest absolute Gasteiger partial charge is 0.232 e. The lowest BCUT2D eigenvalue weighted by atomic mass is 10.1. The molecule has 1 aliphatic heterocycles. The van der Waals surface area contributed by atoms with Gasteiger partial charge in [0.05, 0.1) is 0 Å². The van der Waals surface area contributed by atoms with Gasteiger partial charge < -0.3 is 10.1 Å². The predicted molar refractivity (Wildman–Crippen MR) is 64.6 cm³/mol. The molecular formula is C12H20N2O4. The number of hydrogen-bond donors (Lipinski definition) is 1. The Morgan fingerprint density at radius 3 is 2.78 bits per heavy atom. The van der Waals surface area contributed by atoms with E-state index < -0.39 is 0 Å². The van der Waals surface area contributed by atoms with Crippen molar-refractivity contribution in [1.29, 1.82) is 0 Å². The van der Waals surface area contributed by atoms with E-state index in [1.165, 1.54) is 4.90 Å². The summed E-state index contributed by atoms with van der Waals surface area (Å²) in [6, 6.07) is 0. The van der Waals surface area contributed by atoms with Gasteiger partial charge in [-0.1, -0.05) is 6.92 Å². The minimum atomic E-state index is -0.248. The zero-order valence-corrected chi connectivity index (χ0v) is 10.9. The van der Waals surface area contributed by atoms with Crippen LogP contribution in [0.25, 0.3) is 0 Å². The maximum Gasteiger partial charge on any atom is 0.232 e. The van der Waals surface area contributed by atoms with Gasteiger partial charge in [0.1, 0.15) is 0 Å². The van der Waals surface area contributed by atoms with Gasteiger partial charge in [0.25, 0.3) is 0 Å². The second kappa shape index (κ2) is 7.10. The van der Waals surface area contributed by atoms with Crippen molar-refractivity contribution in [2.24, 2.45) is 5.92 Å². The molecule has 0 aliphatic carbocycles. The van der Waals surface area contributed by atoms with Crippen LogP contribution in [0.5, 0.6) is 0 Å². The van der Waals surface area contributed by atoms with Crippen LogP contribution in [0, 0.1) is 5.92 Å². The lowest BCUT2D eigenvalue weighted by Gasteiger charge is -2.13. The fourth-order valence-corrected chi connectivity index (χ4v) is 1.83. The first-order valence-corrected chi connectivity index (χ1v) is 6.16. The van der Waals surface area contributed by atoms with E-state index in [1.807, 2.05) is 0 Å². The quantitative estimate of drug-likeness (QED) is 0.511. The Morgan fingerprint density at radius 2 is 2.22 bits per heavy atom. The second-order valence-electron chi connectivity index (χ2n) is 4.44. The number of likely N-dealkylation sites (tertiary alicyclic amines) is 1. The summed E-state index contributed by atoms with van der Waals surface area (Å²) in [7, 11) is 1.60. The van der Waals surface area contributed by atoms with Crippen molar-refractivity contribution in [1.82, 2.24) is 10.2 Å². The predicted octanol–water partition coefficient (Wildman–Crippen LogP) is -0.0758. The third-order valence-corrected chi connectivity index (χ3v) is 2.88. The summed E-state index contributed by atoms with van der Waals surface area (Å²) < 4.78 is 4.86. The molecule has 1 rings (SSSR count). The standard InChI is InChI=1S/C12H20N2O4/c1-9-8-11(16)14(12(9)17)6-4-10(15)13-5-3-7-18-2/h9H,3-8H2,1-2H3,(H,13,15). The fourth-order valence-electron chi connectivity index (χ4n) is 1.83. The minimum Gasteiger partial charge on any atom is -0.385 e. The maximum atomic E-state index is 11.6. The summed E-state index contributed by atoms with van der Waals surface area (Å²) >= 11 is 0. The van der Waals surface area contributed by atoms with Gasteiger partial charge in [-0.15, -0.1) is 0 Å². The third-order valence-electron chi connectivity index (χ3n) is 2.88. The number of amides is 3. The molecule has 1 N–H and O–H groups in total. The van der Waals surface area contributed by atoms with E-state index in [0.717, 1.165) is 6.42 Å². The molecule has 1 aliphatic rings. The summed E-state index contributed by atoms with van der Waals surface area (Å²) in [5.41, 5.74) is 0. The lowest BCUT2D eigenvalue weighted by Crippen LogP contribution is -2.35. The number of nitrogens with one attached hydrogen (secondary N) is 1. The van der Waals surface area contributed by atoms with Crippen LogP contribution in [0.2, 0.25) is 0 Å². The molecule has 0 aromatic carbocycles. The summed E-state index contributed by atoms with van der Waals surface area (Å²) in [6.45, 7) is 3.05. The molecule has 0 saturated carbocycles. The topological polar surface area (TPSA) is 75.7 Å². The average Bonchev–Trinajstić information content (AvgIpc) is 2.57. The molecule has 1 saturated heterocycles. The first-order valence-electron chi connectivity index (χ1n) is 6.16. The number of carbonyl (C=O) groups is 3. The van der Waals surface area contributed by atoms with Crippen LogP contribution in [0.4, 0.5) is 0 Å². The van der Waals surface area contributed by atoms with Gasteiger partial charge in [-0.25, -0.2) is 0 Å². The minimum absolute atomic E-state index is 0.147. The van der Waals surface area contributed by atoms with Gasteiger partial charge in [-0.2, -0.15) is 0 Å². The Labute approximate surface area is 107 Å². The zero-order valence-electron chi connectivity index (χ0n) is 10.9. The Bertz CT molecular complexity index is 330. The van der Waals surface area contributed by atoms with Crippen LogP contribution in [-0.4, -0.2) is 49.4 Å². The molecule has 1 fully saturated rings. The van der Waals surface area contributed by atoms with Crippen LogP contribution in [0.3, 0.4) is 0 Å². The number of imide groups is 1. The molecular weight excluding hydrogens is 236 g/mol. The van der Waals surface area contributed by atoms with Crippen LogP contribution in [0.15, 0.2) is 0 Å².